The van der Waals surface area contributed by atoms with Crippen molar-refractivity contribution in [2.75, 3.05) is 13.1 Å². The molecule has 1 aromatic rings. The van der Waals surface area contributed by atoms with Gasteiger partial charge in [-0.3, -0.25) is 9.69 Å². The number of carbonyl (C=O) groups is 1. The smallest absolute Gasteiger partial charge is 0.303 e. The summed E-state index contributed by atoms with van der Waals surface area (Å²) in [5.41, 5.74) is 0. The Morgan fingerprint density at radius 1 is 1.59 bits per heavy atom. The molecule has 2 heterocycles. The Morgan fingerprint density at radius 2 is 2.41 bits per heavy atom. The zero-order valence-electron chi connectivity index (χ0n) is 9.56. The number of aliphatic carboxylic acids is 1. The van der Waals surface area contributed by atoms with Gasteiger partial charge in [-0.1, -0.05) is 11.6 Å². The summed E-state index contributed by atoms with van der Waals surface area (Å²) in [6.07, 6.45) is 2.42. The van der Waals surface area contributed by atoms with Crippen LogP contribution in [0.15, 0.2) is 12.1 Å². The third-order valence-corrected chi connectivity index (χ3v) is 4.29. The van der Waals surface area contributed by atoms with Crippen LogP contribution in [0, 0.1) is 5.92 Å². The Hall–Kier alpha value is -0.580. The molecule has 1 aliphatic rings. The number of rotatable bonds is 4. The highest BCUT2D eigenvalue weighted by Crippen LogP contribution is 2.26. The van der Waals surface area contributed by atoms with Gasteiger partial charge in [0.25, 0.3) is 0 Å². The second-order valence-corrected chi connectivity index (χ2v) is 6.35. The normalized spacial score (nSPS) is 21.6. The fourth-order valence-electron chi connectivity index (χ4n) is 2.37. The minimum absolute atomic E-state index is 0.293. The van der Waals surface area contributed by atoms with Crippen LogP contribution in [-0.4, -0.2) is 29.1 Å². The van der Waals surface area contributed by atoms with Crippen LogP contribution in [-0.2, 0) is 11.3 Å². The molecule has 0 radical (unpaired) electrons. The number of hydrogen-bond acceptors (Lipinski definition) is 3. The standard InChI is InChI=1S/C12H16ClNO2S/c13-11-4-3-10(17-11)8-14-5-1-2-9(7-14)6-12(15)16/h3-4,9H,1-2,5-8H2,(H,15,16). The molecule has 3 nitrogen and oxygen atoms in total. The Morgan fingerprint density at radius 3 is 3.06 bits per heavy atom. The van der Waals surface area contributed by atoms with Gasteiger partial charge in [0.05, 0.1) is 4.34 Å². The van der Waals surface area contributed by atoms with Gasteiger partial charge in [0, 0.05) is 24.4 Å². The molecule has 0 aromatic carbocycles. The van der Waals surface area contributed by atoms with E-state index in [0.717, 1.165) is 36.8 Å². The van der Waals surface area contributed by atoms with E-state index in [1.54, 1.807) is 11.3 Å². The molecule has 94 valence electrons. The summed E-state index contributed by atoms with van der Waals surface area (Å²) in [5.74, 6) is -0.382. The molecule has 0 aliphatic carbocycles. The van der Waals surface area contributed by atoms with Crippen molar-refractivity contribution in [2.45, 2.75) is 25.8 Å². The molecule has 1 aromatic heterocycles. The van der Waals surface area contributed by atoms with Gasteiger partial charge >= 0.3 is 5.97 Å². The lowest BCUT2D eigenvalue weighted by atomic mass is 9.95. The molecule has 1 N–H and O–H groups in total. The number of halogens is 1. The first-order valence-corrected chi connectivity index (χ1v) is 7.01. The molecule has 0 bridgehead atoms. The van der Waals surface area contributed by atoms with Gasteiger partial charge in [-0.2, -0.15) is 0 Å². The Bertz CT molecular complexity index is 394. The lowest BCUT2D eigenvalue weighted by Gasteiger charge is -2.31. The van der Waals surface area contributed by atoms with E-state index in [2.05, 4.69) is 4.90 Å². The third kappa shape index (κ3) is 3.98. The minimum Gasteiger partial charge on any atom is -0.481 e. The van der Waals surface area contributed by atoms with Gasteiger partial charge in [0.15, 0.2) is 0 Å². The van der Waals surface area contributed by atoms with E-state index in [9.17, 15) is 4.79 Å². The lowest BCUT2D eigenvalue weighted by molar-refractivity contribution is -0.138. The first kappa shape index (κ1) is 12.9. The molecule has 0 spiro atoms. The maximum absolute atomic E-state index is 10.7. The summed E-state index contributed by atoms with van der Waals surface area (Å²) < 4.78 is 0.819. The SMILES string of the molecule is O=C(O)CC1CCCN(Cc2ccc(Cl)s2)C1. The monoisotopic (exact) mass is 273 g/mol. The van der Waals surface area contributed by atoms with E-state index in [0.29, 0.717) is 12.3 Å². The van der Waals surface area contributed by atoms with Crippen molar-refractivity contribution in [3.63, 3.8) is 0 Å². The molecule has 17 heavy (non-hydrogen) atoms. The van der Waals surface area contributed by atoms with Crippen molar-refractivity contribution >= 4 is 28.9 Å². The molecule has 1 fully saturated rings. The van der Waals surface area contributed by atoms with Gasteiger partial charge in [-0.25, -0.2) is 0 Å². The van der Waals surface area contributed by atoms with Crippen molar-refractivity contribution in [1.29, 1.82) is 0 Å². The largest absolute Gasteiger partial charge is 0.481 e. The summed E-state index contributed by atoms with van der Waals surface area (Å²) >= 11 is 7.50. The second kappa shape index (κ2) is 5.85. The average Bonchev–Trinajstić information content (AvgIpc) is 2.63. The van der Waals surface area contributed by atoms with Crippen molar-refractivity contribution in [3.8, 4) is 0 Å². The van der Waals surface area contributed by atoms with Gasteiger partial charge in [0.1, 0.15) is 0 Å². The number of likely N-dealkylation sites (tertiary alicyclic amines) is 1. The van der Waals surface area contributed by atoms with Crippen LogP contribution in [0.5, 0.6) is 0 Å². The number of piperidine rings is 1. The van der Waals surface area contributed by atoms with E-state index < -0.39 is 5.97 Å². The molecule has 5 heteroatoms. The summed E-state index contributed by atoms with van der Waals surface area (Å²) in [5, 5.41) is 8.81. The first-order chi connectivity index (χ1) is 8.13. The highest BCUT2D eigenvalue weighted by molar-refractivity contribution is 7.16. The summed E-state index contributed by atoms with van der Waals surface area (Å²) in [7, 11) is 0. The molecule has 0 amide bonds. The summed E-state index contributed by atoms with van der Waals surface area (Å²) in [4.78, 5) is 14.3. The van der Waals surface area contributed by atoms with E-state index >= 15 is 0 Å². The van der Waals surface area contributed by atoms with Crippen LogP contribution in [0.2, 0.25) is 4.34 Å². The molecular formula is C12H16ClNO2S. The van der Waals surface area contributed by atoms with E-state index in [1.165, 1.54) is 4.88 Å². The van der Waals surface area contributed by atoms with Crippen LogP contribution in [0.1, 0.15) is 24.1 Å². The maximum Gasteiger partial charge on any atom is 0.303 e. The third-order valence-electron chi connectivity index (χ3n) is 3.07. The van der Waals surface area contributed by atoms with Crippen LogP contribution < -0.4 is 0 Å². The van der Waals surface area contributed by atoms with Crippen molar-refractivity contribution in [3.05, 3.63) is 21.3 Å². The summed E-state index contributed by atoms with van der Waals surface area (Å²) in [6, 6.07) is 3.97. The number of carboxylic acid groups (broad SMARTS) is 1. The first-order valence-electron chi connectivity index (χ1n) is 5.82. The molecular weight excluding hydrogens is 258 g/mol. The Balaban J connectivity index is 1.87. The van der Waals surface area contributed by atoms with Crippen LogP contribution in [0.25, 0.3) is 0 Å². The quantitative estimate of drug-likeness (QED) is 0.916. The molecule has 1 saturated heterocycles. The van der Waals surface area contributed by atoms with Crippen LogP contribution in [0.4, 0.5) is 0 Å². The molecule has 2 rings (SSSR count). The number of hydrogen-bond donors (Lipinski definition) is 1. The summed E-state index contributed by atoms with van der Waals surface area (Å²) in [6.45, 7) is 2.85. The molecule has 1 atom stereocenters. The van der Waals surface area contributed by atoms with Gasteiger partial charge < -0.3 is 5.11 Å². The molecule has 1 unspecified atom stereocenters. The van der Waals surface area contributed by atoms with Crippen LogP contribution in [0.3, 0.4) is 0 Å². The molecule has 1 aliphatic heterocycles. The van der Waals surface area contributed by atoms with E-state index in [-0.39, 0.29) is 0 Å². The van der Waals surface area contributed by atoms with E-state index in [1.807, 2.05) is 12.1 Å². The zero-order valence-corrected chi connectivity index (χ0v) is 11.1. The average molecular weight is 274 g/mol. The van der Waals surface area contributed by atoms with Gasteiger partial charge in [0.2, 0.25) is 0 Å². The number of carboxylic acids is 1. The van der Waals surface area contributed by atoms with Gasteiger partial charge in [-0.05, 0) is 37.4 Å². The van der Waals surface area contributed by atoms with E-state index in [4.69, 9.17) is 16.7 Å². The predicted molar refractivity (Wildman–Crippen MR) is 69.6 cm³/mol. The predicted octanol–water partition coefficient (Wildman–Crippen LogP) is 3.09. The maximum atomic E-state index is 10.7. The van der Waals surface area contributed by atoms with Crippen LogP contribution >= 0.6 is 22.9 Å². The Labute approximate surface area is 110 Å². The fourth-order valence-corrected chi connectivity index (χ4v) is 3.50. The fraction of sp³-hybridized carbons (Fsp3) is 0.583. The second-order valence-electron chi connectivity index (χ2n) is 4.55. The van der Waals surface area contributed by atoms with Crippen molar-refractivity contribution < 1.29 is 9.90 Å². The number of thiophene rings is 1. The van der Waals surface area contributed by atoms with Crippen molar-refractivity contribution in [1.82, 2.24) is 4.90 Å². The van der Waals surface area contributed by atoms with Gasteiger partial charge in [-0.15, -0.1) is 11.3 Å². The minimum atomic E-state index is -0.684. The van der Waals surface area contributed by atoms with Crippen molar-refractivity contribution in [2.24, 2.45) is 5.92 Å². The topological polar surface area (TPSA) is 40.5 Å². The highest BCUT2D eigenvalue weighted by atomic mass is 35.5. The Kier molecular flexibility index (Phi) is 4.42. The zero-order chi connectivity index (χ0) is 12.3. The molecule has 0 saturated carbocycles. The highest BCUT2D eigenvalue weighted by Gasteiger charge is 2.22. The number of nitrogens with zero attached hydrogens (tertiary/aromatic N) is 1. The lowest BCUT2D eigenvalue weighted by Crippen LogP contribution is -2.35.